The number of phenolic OH excluding ortho intramolecular Hbond substituents is 1. The minimum absolute atomic E-state index is 0.0406. The van der Waals surface area contributed by atoms with Crippen LogP contribution in [0.15, 0.2) is 29.1 Å². The molecule has 1 aliphatic rings. The summed E-state index contributed by atoms with van der Waals surface area (Å²) in [4.78, 5) is 14.5. The Morgan fingerprint density at radius 1 is 1.35 bits per heavy atom. The second-order valence-corrected chi connectivity index (χ2v) is 5.20. The van der Waals surface area contributed by atoms with E-state index in [-0.39, 0.29) is 11.3 Å². The number of nitriles is 1. The van der Waals surface area contributed by atoms with Gasteiger partial charge in [0, 0.05) is 16.8 Å². The van der Waals surface area contributed by atoms with Crippen LogP contribution < -0.4 is 5.56 Å². The van der Waals surface area contributed by atoms with Crippen molar-refractivity contribution < 1.29 is 5.11 Å². The quantitative estimate of drug-likeness (QED) is 0.877. The highest BCUT2D eigenvalue weighted by atomic mass is 16.3. The molecule has 100 valence electrons. The van der Waals surface area contributed by atoms with Gasteiger partial charge in [-0.25, -0.2) is 0 Å². The minimum Gasteiger partial charge on any atom is -0.507 e. The van der Waals surface area contributed by atoms with Crippen LogP contribution in [-0.2, 0) is 0 Å². The number of aryl methyl sites for hydroxylation is 1. The maximum absolute atomic E-state index is 11.8. The van der Waals surface area contributed by atoms with Gasteiger partial charge in [-0.05, 0) is 37.3 Å². The lowest BCUT2D eigenvalue weighted by molar-refractivity contribution is 0.470. The summed E-state index contributed by atoms with van der Waals surface area (Å²) in [6.07, 6.45) is 2.16. The molecule has 1 heterocycles. The van der Waals surface area contributed by atoms with Crippen LogP contribution >= 0.6 is 0 Å². The standard InChI is InChI=1S/C16H14N2O2/c1-9-7-13(14(8-17)16(20)18-9)12-4-2-3-11(15(12)19)10-5-6-10/h2-4,7,10,19H,5-6H2,1H3,(H,18,20). The number of aromatic hydroxyl groups is 1. The summed E-state index contributed by atoms with van der Waals surface area (Å²) in [5.41, 5.74) is 2.25. The van der Waals surface area contributed by atoms with E-state index in [2.05, 4.69) is 4.98 Å². The first-order valence-corrected chi connectivity index (χ1v) is 6.58. The lowest BCUT2D eigenvalue weighted by Crippen LogP contribution is -2.12. The molecule has 0 atom stereocenters. The van der Waals surface area contributed by atoms with Crippen LogP contribution in [-0.4, -0.2) is 10.1 Å². The van der Waals surface area contributed by atoms with E-state index in [1.165, 1.54) is 0 Å². The third-order valence-electron chi connectivity index (χ3n) is 3.65. The average molecular weight is 266 g/mol. The number of benzene rings is 1. The van der Waals surface area contributed by atoms with E-state index in [1.54, 1.807) is 19.1 Å². The van der Waals surface area contributed by atoms with Crippen molar-refractivity contribution in [2.75, 3.05) is 0 Å². The highest BCUT2D eigenvalue weighted by Gasteiger charge is 2.27. The van der Waals surface area contributed by atoms with Crippen molar-refractivity contribution in [3.63, 3.8) is 0 Å². The molecule has 0 radical (unpaired) electrons. The molecule has 0 saturated heterocycles. The van der Waals surface area contributed by atoms with Crippen molar-refractivity contribution in [3.8, 4) is 22.9 Å². The summed E-state index contributed by atoms with van der Waals surface area (Å²) in [7, 11) is 0. The van der Waals surface area contributed by atoms with Crippen LogP contribution in [0.5, 0.6) is 5.75 Å². The highest BCUT2D eigenvalue weighted by molar-refractivity contribution is 5.77. The molecule has 0 amide bonds. The molecule has 2 aromatic rings. The van der Waals surface area contributed by atoms with Crippen molar-refractivity contribution in [3.05, 3.63) is 51.4 Å². The molecule has 4 nitrogen and oxygen atoms in total. The molecular weight excluding hydrogens is 252 g/mol. The molecule has 0 bridgehead atoms. The molecule has 0 spiro atoms. The zero-order valence-corrected chi connectivity index (χ0v) is 11.1. The molecule has 0 aliphatic heterocycles. The molecule has 1 saturated carbocycles. The van der Waals surface area contributed by atoms with Gasteiger partial charge in [-0.15, -0.1) is 0 Å². The number of phenols is 1. The second-order valence-electron chi connectivity index (χ2n) is 5.20. The van der Waals surface area contributed by atoms with Gasteiger partial charge in [0.05, 0.1) is 0 Å². The predicted octanol–water partition coefficient (Wildman–Crippen LogP) is 2.81. The molecule has 20 heavy (non-hydrogen) atoms. The molecule has 1 aromatic heterocycles. The van der Waals surface area contributed by atoms with Gasteiger partial charge in [-0.2, -0.15) is 5.26 Å². The summed E-state index contributed by atoms with van der Waals surface area (Å²) >= 11 is 0. The van der Waals surface area contributed by atoms with Gasteiger partial charge in [0.1, 0.15) is 17.4 Å². The molecule has 3 rings (SSSR count). The smallest absolute Gasteiger partial charge is 0.266 e. The topological polar surface area (TPSA) is 76.9 Å². The number of aromatic nitrogens is 1. The number of para-hydroxylation sites is 1. The van der Waals surface area contributed by atoms with Crippen molar-refractivity contribution in [2.24, 2.45) is 0 Å². The number of nitrogens with zero attached hydrogens (tertiary/aromatic N) is 1. The number of hydrogen-bond donors (Lipinski definition) is 2. The predicted molar refractivity (Wildman–Crippen MR) is 75.6 cm³/mol. The fourth-order valence-corrected chi connectivity index (χ4v) is 2.51. The van der Waals surface area contributed by atoms with Crippen LogP contribution in [0.3, 0.4) is 0 Å². The fourth-order valence-electron chi connectivity index (χ4n) is 2.51. The number of nitrogens with one attached hydrogen (secondary N) is 1. The number of H-pyrrole nitrogens is 1. The Bertz CT molecular complexity index is 780. The van der Waals surface area contributed by atoms with E-state index in [0.717, 1.165) is 18.4 Å². The van der Waals surface area contributed by atoms with Crippen LogP contribution in [0.25, 0.3) is 11.1 Å². The largest absolute Gasteiger partial charge is 0.507 e. The third kappa shape index (κ3) is 1.97. The first-order chi connectivity index (χ1) is 9.61. The Labute approximate surface area is 116 Å². The molecule has 1 aromatic carbocycles. The Morgan fingerprint density at radius 3 is 2.75 bits per heavy atom. The average Bonchev–Trinajstić information content (AvgIpc) is 3.22. The maximum Gasteiger partial charge on any atom is 0.266 e. The first-order valence-electron chi connectivity index (χ1n) is 6.58. The van der Waals surface area contributed by atoms with E-state index in [0.29, 0.717) is 22.7 Å². The number of hydrogen-bond acceptors (Lipinski definition) is 3. The van der Waals surface area contributed by atoms with Gasteiger partial charge in [0.25, 0.3) is 5.56 Å². The van der Waals surface area contributed by atoms with Gasteiger partial charge < -0.3 is 10.1 Å². The lowest BCUT2D eigenvalue weighted by atomic mass is 9.96. The van der Waals surface area contributed by atoms with Gasteiger partial charge in [0.2, 0.25) is 0 Å². The molecule has 1 fully saturated rings. The van der Waals surface area contributed by atoms with Crippen LogP contribution in [0, 0.1) is 18.3 Å². The van der Waals surface area contributed by atoms with E-state index < -0.39 is 5.56 Å². The van der Waals surface area contributed by atoms with Gasteiger partial charge in [-0.3, -0.25) is 4.79 Å². The SMILES string of the molecule is Cc1cc(-c2cccc(C3CC3)c2O)c(C#N)c(=O)[nH]1. The van der Waals surface area contributed by atoms with Crippen molar-refractivity contribution in [2.45, 2.75) is 25.7 Å². The number of rotatable bonds is 2. The Balaban J connectivity index is 2.26. The van der Waals surface area contributed by atoms with Gasteiger partial charge >= 0.3 is 0 Å². The summed E-state index contributed by atoms with van der Waals surface area (Å²) in [6, 6.07) is 9.17. The van der Waals surface area contributed by atoms with Crippen LogP contribution in [0.1, 0.15) is 35.6 Å². The van der Waals surface area contributed by atoms with E-state index in [4.69, 9.17) is 0 Å². The van der Waals surface area contributed by atoms with Crippen LogP contribution in [0.2, 0.25) is 0 Å². The molecule has 0 unspecified atom stereocenters. The molecule has 4 heteroatoms. The summed E-state index contributed by atoms with van der Waals surface area (Å²) in [5.74, 6) is 0.597. The number of aromatic amines is 1. The summed E-state index contributed by atoms with van der Waals surface area (Å²) in [5, 5.41) is 19.6. The zero-order chi connectivity index (χ0) is 14.3. The molecule has 1 aliphatic carbocycles. The fraction of sp³-hybridized carbons (Fsp3) is 0.250. The first kappa shape index (κ1) is 12.5. The van der Waals surface area contributed by atoms with Crippen molar-refractivity contribution >= 4 is 0 Å². The molecular formula is C16H14N2O2. The van der Waals surface area contributed by atoms with Crippen molar-refractivity contribution in [1.82, 2.24) is 4.98 Å². The Hall–Kier alpha value is -2.54. The van der Waals surface area contributed by atoms with Gasteiger partial charge in [0.15, 0.2) is 0 Å². The van der Waals surface area contributed by atoms with E-state index in [9.17, 15) is 15.2 Å². The second kappa shape index (κ2) is 4.53. The van der Waals surface area contributed by atoms with Crippen LogP contribution in [0.4, 0.5) is 0 Å². The molecule has 2 N–H and O–H groups in total. The normalized spacial score (nSPS) is 14.0. The zero-order valence-electron chi connectivity index (χ0n) is 11.1. The Kier molecular flexibility index (Phi) is 2.83. The van der Waals surface area contributed by atoms with Crippen molar-refractivity contribution in [1.29, 1.82) is 5.26 Å². The lowest BCUT2D eigenvalue weighted by Gasteiger charge is -2.11. The minimum atomic E-state index is -0.418. The van der Waals surface area contributed by atoms with Gasteiger partial charge in [-0.1, -0.05) is 18.2 Å². The van der Waals surface area contributed by atoms with E-state index >= 15 is 0 Å². The third-order valence-corrected chi connectivity index (χ3v) is 3.65. The Morgan fingerprint density at radius 2 is 2.10 bits per heavy atom. The highest BCUT2D eigenvalue weighted by Crippen LogP contribution is 2.46. The maximum atomic E-state index is 11.8. The summed E-state index contributed by atoms with van der Waals surface area (Å²) < 4.78 is 0. The summed E-state index contributed by atoms with van der Waals surface area (Å²) in [6.45, 7) is 1.76. The number of pyridine rings is 1. The monoisotopic (exact) mass is 266 g/mol. The van der Waals surface area contributed by atoms with E-state index in [1.807, 2.05) is 18.2 Å².